The summed E-state index contributed by atoms with van der Waals surface area (Å²) in [6.07, 6.45) is 3.48. The van der Waals surface area contributed by atoms with Crippen LogP contribution in [0.15, 0.2) is 12.2 Å². The molecule has 1 aliphatic rings. The smallest absolute Gasteiger partial charge is 0.335 e. The van der Waals surface area contributed by atoms with Crippen LogP contribution in [-0.4, -0.2) is 46.5 Å². The maximum Gasteiger partial charge on any atom is 0.335 e. The van der Waals surface area contributed by atoms with E-state index < -0.39 is 34.8 Å². The predicted molar refractivity (Wildman–Crippen MR) is 131 cm³/mol. The molecule has 1 rings (SSSR count). The molecule has 4 atom stereocenters. The molecule has 0 bridgehead atoms. The second-order valence-corrected chi connectivity index (χ2v) is 37.1. The summed E-state index contributed by atoms with van der Waals surface area (Å²) in [4.78, 5) is 12.0. The molecule has 7 heteroatoms. The molecule has 0 spiro atoms. The van der Waals surface area contributed by atoms with E-state index in [2.05, 4.69) is 60.1 Å². The van der Waals surface area contributed by atoms with Crippen molar-refractivity contribution in [2.45, 2.75) is 123 Å². The summed E-state index contributed by atoms with van der Waals surface area (Å²) in [6.45, 7) is 26.8. The standard InChI is InChI=1S/C22H46O4Si3/c1-12-15-22(20(14-3)24-19(6)25-21(23)18(4)5)17-27(7,8)28(9,10)29(11,26-22)16-13-2/h19-20H,4,12-17H2,1-3,5-11H3. The van der Waals surface area contributed by atoms with E-state index in [0.29, 0.717) is 5.57 Å². The Labute approximate surface area is 182 Å². The Kier molecular flexibility index (Phi) is 9.19. The van der Waals surface area contributed by atoms with Crippen LogP contribution in [0.3, 0.4) is 0 Å². The highest BCUT2D eigenvalue weighted by Crippen LogP contribution is 2.50. The summed E-state index contributed by atoms with van der Waals surface area (Å²) in [6, 6.07) is 2.39. The Hall–Kier alpha value is -0.219. The Balaban J connectivity index is 3.30. The number of hydrogen-bond donors (Lipinski definition) is 0. The number of hydrogen-bond acceptors (Lipinski definition) is 4. The summed E-state index contributed by atoms with van der Waals surface area (Å²) < 4.78 is 19.2. The largest absolute Gasteiger partial charge is 0.433 e. The maximum absolute atomic E-state index is 12.0. The highest BCUT2D eigenvalue weighted by molar-refractivity contribution is 7.67. The minimum atomic E-state index is -1.85. The molecule has 0 aromatic carbocycles. The molecule has 1 heterocycles. The number of esters is 1. The van der Waals surface area contributed by atoms with Gasteiger partial charge >= 0.3 is 5.97 Å². The van der Waals surface area contributed by atoms with Crippen molar-refractivity contribution < 1.29 is 18.7 Å². The molecule has 0 saturated carbocycles. The quantitative estimate of drug-likeness (QED) is 0.165. The van der Waals surface area contributed by atoms with Crippen molar-refractivity contribution in [3.63, 3.8) is 0 Å². The Morgan fingerprint density at radius 1 is 1.14 bits per heavy atom. The normalized spacial score (nSPS) is 30.4. The van der Waals surface area contributed by atoms with Crippen molar-refractivity contribution in [3.05, 3.63) is 12.2 Å². The summed E-state index contributed by atoms with van der Waals surface area (Å²) >= 11 is 0. The molecule has 0 aromatic heterocycles. The van der Waals surface area contributed by atoms with Gasteiger partial charge in [-0.15, -0.1) is 0 Å². The van der Waals surface area contributed by atoms with Crippen molar-refractivity contribution in [1.82, 2.24) is 0 Å². The summed E-state index contributed by atoms with van der Waals surface area (Å²) in [5.41, 5.74) is 0.150. The lowest BCUT2D eigenvalue weighted by molar-refractivity contribution is -0.204. The zero-order valence-electron chi connectivity index (χ0n) is 20.7. The molecule has 4 nitrogen and oxygen atoms in total. The van der Waals surface area contributed by atoms with Crippen molar-refractivity contribution in [2.24, 2.45) is 0 Å². The van der Waals surface area contributed by atoms with Crippen LogP contribution in [-0.2, 0) is 18.7 Å². The molecule has 29 heavy (non-hydrogen) atoms. The lowest BCUT2D eigenvalue weighted by Crippen LogP contribution is -2.80. The van der Waals surface area contributed by atoms with Gasteiger partial charge in [-0.25, -0.2) is 4.79 Å². The van der Waals surface area contributed by atoms with Crippen LogP contribution >= 0.6 is 0 Å². The zero-order valence-corrected chi connectivity index (χ0v) is 23.7. The fourth-order valence-corrected chi connectivity index (χ4v) is 38.1. The first-order valence-corrected chi connectivity index (χ1v) is 22.3. The van der Waals surface area contributed by atoms with Gasteiger partial charge in [0.25, 0.3) is 0 Å². The summed E-state index contributed by atoms with van der Waals surface area (Å²) in [5, 5.41) is 0. The average Bonchev–Trinajstić information content (AvgIpc) is 2.58. The number of carbonyl (C=O) groups excluding carboxylic acids is 1. The minimum Gasteiger partial charge on any atom is -0.433 e. The summed E-state index contributed by atoms with van der Waals surface area (Å²) in [5.74, 6) is -0.394. The van der Waals surface area contributed by atoms with Gasteiger partial charge in [0.05, 0.1) is 18.8 Å². The van der Waals surface area contributed by atoms with E-state index in [0.717, 1.165) is 25.3 Å². The first kappa shape index (κ1) is 26.8. The van der Waals surface area contributed by atoms with Crippen LogP contribution in [0.5, 0.6) is 0 Å². The van der Waals surface area contributed by atoms with Crippen molar-refractivity contribution in [3.8, 4) is 0 Å². The molecular weight excluding hydrogens is 412 g/mol. The Morgan fingerprint density at radius 3 is 2.17 bits per heavy atom. The average molecular weight is 459 g/mol. The second kappa shape index (κ2) is 9.94. The molecule has 1 saturated heterocycles. The van der Waals surface area contributed by atoms with Gasteiger partial charge in [0.2, 0.25) is 6.29 Å². The van der Waals surface area contributed by atoms with E-state index in [1.807, 2.05) is 6.92 Å². The molecule has 0 N–H and O–H groups in total. The Morgan fingerprint density at radius 2 is 1.72 bits per heavy atom. The number of ether oxygens (including phenoxy) is 2. The fourth-order valence-electron chi connectivity index (χ4n) is 5.14. The fraction of sp³-hybridized carbons (Fsp3) is 0.864. The van der Waals surface area contributed by atoms with Crippen molar-refractivity contribution in [1.29, 1.82) is 0 Å². The van der Waals surface area contributed by atoms with Gasteiger partial charge in [-0.2, -0.15) is 0 Å². The molecule has 4 unspecified atom stereocenters. The summed E-state index contributed by atoms with van der Waals surface area (Å²) in [7, 11) is -4.77. The highest BCUT2D eigenvalue weighted by Gasteiger charge is 2.65. The third kappa shape index (κ3) is 5.53. The molecular formula is C22H46O4Si3. The van der Waals surface area contributed by atoms with Crippen LogP contribution in [0.2, 0.25) is 44.8 Å². The van der Waals surface area contributed by atoms with E-state index in [-0.39, 0.29) is 11.7 Å². The first-order chi connectivity index (χ1) is 13.2. The molecule has 1 aliphatic heterocycles. The van der Waals surface area contributed by atoms with Crippen LogP contribution in [0, 0.1) is 0 Å². The van der Waals surface area contributed by atoms with Gasteiger partial charge in [0, 0.05) is 13.2 Å². The number of rotatable bonds is 10. The van der Waals surface area contributed by atoms with E-state index in [9.17, 15) is 4.79 Å². The molecule has 0 amide bonds. The zero-order chi connectivity index (χ0) is 22.7. The predicted octanol–water partition coefficient (Wildman–Crippen LogP) is 6.37. The lowest BCUT2D eigenvalue weighted by Gasteiger charge is -2.62. The van der Waals surface area contributed by atoms with E-state index in [1.165, 1.54) is 12.5 Å². The van der Waals surface area contributed by atoms with Gasteiger partial charge in [0.15, 0.2) is 7.83 Å². The topological polar surface area (TPSA) is 44.8 Å². The van der Waals surface area contributed by atoms with Gasteiger partial charge in [-0.1, -0.05) is 66.4 Å². The first-order valence-electron chi connectivity index (χ1n) is 11.4. The number of carbonyl (C=O) groups is 1. The van der Waals surface area contributed by atoms with Crippen LogP contribution in [0.1, 0.15) is 60.3 Å². The minimum absolute atomic E-state index is 0.0593. The third-order valence-corrected chi connectivity index (χ3v) is 47.9. The van der Waals surface area contributed by atoms with Crippen molar-refractivity contribution in [2.75, 3.05) is 0 Å². The van der Waals surface area contributed by atoms with E-state index in [4.69, 9.17) is 13.9 Å². The van der Waals surface area contributed by atoms with Gasteiger partial charge < -0.3 is 13.9 Å². The monoisotopic (exact) mass is 458 g/mol. The van der Waals surface area contributed by atoms with E-state index in [1.54, 1.807) is 6.92 Å². The maximum atomic E-state index is 12.0. The Bertz CT molecular complexity index is 593. The SMILES string of the molecule is C=C(C)C(=O)OC(C)OC(CC)C1(CCC)C[Si](C)(C)[Si](C)(C)[Si](C)(CCC)O1. The molecule has 1 fully saturated rings. The second-order valence-electron chi connectivity index (χ2n) is 10.4. The molecule has 170 valence electrons. The van der Waals surface area contributed by atoms with Gasteiger partial charge in [0.1, 0.15) is 0 Å². The van der Waals surface area contributed by atoms with Crippen LogP contribution in [0.25, 0.3) is 0 Å². The van der Waals surface area contributed by atoms with Gasteiger partial charge in [-0.05, 0) is 45.3 Å². The van der Waals surface area contributed by atoms with E-state index >= 15 is 0 Å². The molecule has 0 aromatic rings. The molecule has 0 aliphatic carbocycles. The lowest BCUT2D eigenvalue weighted by atomic mass is 9.91. The van der Waals surface area contributed by atoms with Crippen molar-refractivity contribution >= 4 is 28.5 Å². The van der Waals surface area contributed by atoms with Crippen LogP contribution in [0.4, 0.5) is 0 Å². The third-order valence-electron chi connectivity index (χ3n) is 7.52. The van der Waals surface area contributed by atoms with Gasteiger partial charge in [-0.3, -0.25) is 0 Å². The molecule has 0 radical (unpaired) electrons. The van der Waals surface area contributed by atoms with Crippen LogP contribution < -0.4 is 0 Å². The highest BCUT2D eigenvalue weighted by atomic mass is 29.6.